The summed E-state index contributed by atoms with van der Waals surface area (Å²) in [6, 6.07) is 4.14. The van der Waals surface area contributed by atoms with E-state index in [9.17, 15) is 49.2 Å². The molecule has 0 spiro atoms. The lowest BCUT2D eigenvalue weighted by molar-refractivity contribution is -0.143. The number of fused-ring (bicyclic) bond motifs is 5. The number of aliphatic hydroxyl groups excluding tert-OH is 1. The van der Waals surface area contributed by atoms with Crippen molar-refractivity contribution in [2.24, 2.45) is 5.92 Å². The molecule has 0 saturated carbocycles. The molecule has 2 aromatic carbocycles. The minimum Gasteiger partial charge on any atom is -0.507 e. The number of aliphatic carboxylic acids is 1. The minimum atomic E-state index is -1.35. The number of carboxylic acid groups (broad SMARTS) is 1. The summed E-state index contributed by atoms with van der Waals surface area (Å²) in [4.78, 5) is 82.4. The van der Waals surface area contributed by atoms with Crippen molar-refractivity contribution in [3.8, 4) is 22.6 Å². The van der Waals surface area contributed by atoms with Crippen LogP contribution in [0.1, 0.15) is 147 Å². The molecular weight excluding hydrogens is 793 g/mol. The first-order valence-corrected chi connectivity index (χ1v) is 22.7. The molecule has 0 radical (unpaired) electrons. The number of carbonyl (C=O) groups is 6. The molecule has 1 aliphatic heterocycles. The molecule has 3 rings (SSSR count). The number of amides is 3. The van der Waals surface area contributed by atoms with E-state index in [1.807, 2.05) is 0 Å². The smallest absolute Gasteiger partial charge is 0.326 e. The van der Waals surface area contributed by atoms with Gasteiger partial charge in [-0.05, 0) is 62.3 Å². The molecule has 14 heteroatoms. The Morgan fingerprint density at radius 2 is 1.34 bits per heavy atom. The number of Topliss-reactive ketones (excluding diaryl/α,β-unsaturated/α-hetero) is 2. The van der Waals surface area contributed by atoms with Crippen LogP contribution in [0.2, 0.25) is 0 Å². The molecule has 0 saturated heterocycles. The van der Waals surface area contributed by atoms with E-state index in [0.29, 0.717) is 12.1 Å². The first-order valence-electron chi connectivity index (χ1n) is 22.7. The lowest BCUT2D eigenvalue weighted by atomic mass is 9.89. The van der Waals surface area contributed by atoms with E-state index < -0.39 is 71.9 Å². The highest BCUT2D eigenvalue weighted by molar-refractivity contribution is 5.96. The number of aromatic hydroxyl groups is 2. The normalized spacial score (nSPS) is 17.8. The van der Waals surface area contributed by atoms with Gasteiger partial charge < -0.3 is 36.0 Å². The van der Waals surface area contributed by atoms with Crippen molar-refractivity contribution in [1.29, 1.82) is 0 Å². The summed E-state index contributed by atoms with van der Waals surface area (Å²) >= 11 is 0. The highest BCUT2D eigenvalue weighted by Gasteiger charge is 2.34. The van der Waals surface area contributed by atoms with Gasteiger partial charge in [-0.2, -0.15) is 0 Å². The number of rotatable bonds is 25. The lowest BCUT2D eigenvalue weighted by Crippen LogP contribution is -2.51. The Morgan fingerprint density at radius 3 is 1.90 bits per heavy atom. The molecule has 2 aromatic rings. The molecule has 0 unspecified atom stereocenters. The van der Waals surface area contributed by atoms with Gasteiger partial charge in [0.1, 0.15) is 29.6 Å². The molecule has 1 aliphatic rings. The van der Waals surface area contributed by atoms with Gasteiger partial charge in [-0.25, -0.2) is 4.79 Å². The summed E-state index contributed by atoms with van der Waals surface area (Å²) in [5, 5.41) is 46.8. The maximum atomic E-state index is 14.0. The second-order valence-corrected chi connectivity index (χ2v) is 17.2. The van der Waals surface area contributed by atoms with Crippen LogP contribution in [0.15, 0.2) is 36.4 Å². The number of benzene rings is 2. The second kappa shape index (κ2) is 26.6. The molecule has 62 heavy (non-hydrogen) atoms. The van der Waals surface area contributed by atoms with E-state index in [-0.39, 0.29) is 53.9 Å². The van der Waals surface area contributed by atoms with Crippen molar-refractivity contribution in [3.63, 3.8) is 0 Å². The number of hydrogen-bond acceptors (Lipinski definition) is 10. The molecule has 5 atom stereocenters. The van der Waals surface area contributed by atoms with Gasteiger partial charge in [0, 0.05) is 49.8 Å². The summed E-state index contributed by atoms with van der Waals surface area (Å²) in [5.74, 6) is -5.48. The molecule has 344 valence electrons. The number of phenols is 2. The van der Waals surface area contributed by atoms with Gasteiger partial charge in [0.15, 0.2) is 11.6 Å². The molecule has 6 N–H and O–H groups in total. The highest BCUT2D eigenvalue weighted by atomic mass is 16.4. The summed E-state index contributed by atoms with van der Waals surface area (Å²) < 4.78 is 0. The Morgan fingerprint density at radius 1 is 0.790 bits per heavy atom. The number of likely N-dealkylation sites (N-methyl/N-ethyl adjacent to an activating group) is 2. The average Bonchev–Trinajstić information content (AvgIpc) is 3.23. The maximum absolute atomic E-state index is 14.0. The number of carboxylic acids is 1. The van der Waals surface area contributed by atoms with Gasteiger partial charge in [-0.15, -0.1) is 0 Å². The lowest BCUT2D eigenvalue weighted by Gasteiger charge is -2.29. The number of unbranched alkanes of at least 4 members (excludes halogenated alkanes) is 13. The van der Waals surface area contributed by atoms with E-state index in [4.69, 9.17) is 0 Å². The molecule has 14 nitrogen and oxygen atoms in total. The fourth-order valence-corrected chi connectivity index (χ4v) is 8.04. The number of phenolic OH excluding ortho intramolecular Hbond substituents is 2. The largest absolute Gasteiger partial charge is 0.507 e. The quantitative estimate of drug-likeness (QED) is 0.0584. The zero-order valence-electron chi connectivity index (χ0n) is 37.6. The van der Waals surface area contributed by atoms with Crippen molar-refractivity contribution in [2.75, 3.05) is 27.2 Å². The first kappa shape index (κ1) is 51.5. The van der Waals surface area contributed by atoms with Crippen molar-refractivity contribution in [3.05, 3.63) is 47.5 Å². The Kier molecular flexibility index (Phi) is 22.1. The van der Waals surface area contributed by atoms with Gasteiger partial charge in [0.2, 0.25) is 17.7 Å². The van der Waals surface area contributed by atoms with Crippen LogP contribution in [-0.4, -0.2) is 111 Å². The number of nitrogens with one attached hydrogen (secondary N) is 2. The Bertz CT molecular complexity index is 1800. The van der Waals surface area contributed by atoms with Crippen LogP contribution in [0.25, 0.3) is 11.1 Å². The average molecular weight is 865 g/mol. The maximum Gasteiger partial charge on any atom is 0.326 e. The third-order valence-corrected chi connectivity index (χ3v) is 12.1. The topological polar surface area (TPSA) is 214 Å². The van der Waals surface area contributed by atoms with E-state index in [1.54, 1.807) is 11.9 Å². The molecule has 0 aliphatic carbocycles. The monoisotopic (exact) mass is 865 g/mol. The van der Waals surface area contributed by atoms with Crippen LogP contribution < -0.4 is 10.6 Å². The van der Waals surface area contributed by atoms with Gasteiger partial charge in [-0.3, -0.25) is 28.9 Å². The predicted octanol–water partition coefficient (Wildman–Crippen LogP) is 6.61. The SMILES string of the molecule is CCCCCCCCCCCCCCCCN(C)[C@H](CO)C(=O)N[C@H](C)C(=O)CCC(=O)N(C)[C@@H]1C(=O)C[C@@H](C)C(=O)N[C@H](C(=O)O)Cc2ccc(O)c(c2)-c2cc1ccc2O. The van der Waals surface area contributed by atoms with E-state index in [0.717, 1.165) is 24.2 Å². The zero-order valence-corrected chi connectivity index (χ0v) is 37.6. The van der Waals surface area contributed by atoms with Crippen LogP contribution in [0, 0.1) is 5.92 Å². The third kappa shape index (κ3) is 16.1. The Balaban J connectivity index is 1.58. The number of aliphatic hydroxyl groups is 1. The zero-order chi connectivity index (χ0) is 45.8. The summed E-state index contributed by atoms with van der Waals surface area (Å²) in [5.41, 5.74) is 1.01. The van der Waals surface area contributed by atoms with Gasteiger partial charge in [0.25, 0.3) is 0 Å². The fraction of sp³-hybridized carbons (Fsp3) is 0.625. The van der Waals surface area contributed by atoms with Crippen LogP contribution >= 0.6 is 0 Å². The summed E-state index contributed by atoms with van der Waals surface area (Å²) in [7, 11) is 3.16. The summed E-state index contributed by atoms with van der Waals surface area (Å²) in [6.45, 7) is 5.42. The van der Waals surface area contributed by atoms with Crippen LogP contribution in [-0.2, 0) is 35.2 Å². The molecular formula is C48H72N4O10. The summed E-state index contributed by atoms with van der Waals surface area (Å²) in [6.07, 6.45) is 16.3. The number of hydrogen-bond donors (Lipinski definition) is 6. The predicted molar refractivity (Wildman–Crippen MR) is 238 cm³/mol. The molecule has 0 aromatic heterocycles. The van der Waals surface area contributed by atoms with Crippen LogP contribution in [0.5, 0.6) is 11.5 Å². The first-order chi connectivity index (χ1) is 29.6. The van der Waals surface area contributed by atoms with Crippen molar-refractivity contribution in [2.45, 2.75) is 161 Å². The van der Waals surface area contributed by atoms with Crippen molar-refractivity contribution >= 4 is 35.3 Å². The molecule has 1 heterocycles. The molecule has 3 amide bonds. The molecule has 0 fully saturated rings. The highest BCUT2D eigenvalue weighted by Crippen LogP contribution is 2.39. The van der Waals surface area contributed by atoms with Gasteiger partial charge >= 0.3 is 5.97 Å². The van der Waals surface area contributed by atoms with Gasteiger partial charge in [0.05, 0.1) is 12.6 Å². The van der Waals surface area contributed by atoms with Crippen LogP contribution in [0.3, 0.4) is 0 Å². The van der Waals surface area contributed by atoms with Gasteiger partial charge in [-0.1, -0.05) is 109 Å². The minimum absolute atomic E-state index is 0.130. The van der Waals surface area contributed by atoms with Crippen molar-refractivity contribution in [1.82, 2.24) is 20.4 Å². The Hall–Kier alpha value is -4.82. The van der Waals surface area contributed by atoms with Crippen molar-refractivity contribution < 1.29 is 49.2 Å². The molecule has 4 bridgehead atoms. The van der Waals surface area contributed by atoms with E-state index >= 15 is 0 Å². The Labute approximate surface area is 367 Å². The second-order valence-electron chi connectivity index (χ2n) is 17.2. The standard InChI is InChI=1S/C48H72N4O10/c1-6-7-8-9-10-11-12-13-14-15-16-17-18-19-26-51(4)39(31-53)47(60)49-33(3)40(54)24-25-44(58)52(5)45-35-21-23-42(56)37(30-35)36-28-34(20-22-41(36)55)29-38(48(61)62)50-46(59)32(2)27-43(45)57/h20-23,28,30,32-33,38-39,45,53,55-56H,6-19,24-27,29,31H2,1-5H3,(H,49,60)(H,50,59)(H,61,62)/t32-,33-,38+,39-,45+/m1/s1. The fourth-order valence-electron chi connectivity index (χ4n) is 8.04. The number of carbonyl (C=O) groups excluding carboxylic acids is 5. The number of ketones is 2. The van der Waals surface area contributed by atoms with E-state index in [1.165, 1.54) is 128 Å². The number of nitrogens with zero attached hydrogens (tertiary/aromatic N) is 2. The van der Waals surface area contributed by atoms with E-state index in [2.05, 4.69) is 17.6 Å². The third-order valence-electron chi connectivity index (χ3n) is 12.1. The van der Waals surface area contributed by atoms with Crippen LogP contribution in [0.4, 0.5) is 0 Å².